The van der Waals surface area contributed by atoms with Gasteiger partial charge in [-0.15, -0.1) is 0 Å². The normalized spacial score (nSPS) is 15.0. The number of esters is 1. The summed E-state index contributed by atoms with van der Waals surface area (Å²) in [6.45, 7) is -0.684. The zero-order chi connectivity index (χ0) is 24.8. The third-order valence-corrected chi connectivity index (χ3v) is 5.44. The number of nitrogens with zero attached hydrogens (tertiary/aromatic N) is 1. The van der Waals surface area contributed by atoms with Crippen LogP contribution in [0.15, 0.2) is 36.4 Å². The van der Waals surface area contributed by atoms with Crippen LogP contribution in [0.5, 0.6) is 11.5 Å². The number of methoxy groups -OCH3 is 2. The number of anilines is 1. The second kappa shape index (κ2) is 11.1. The molecule has 1 aliphatic rings. The van der Waals surface area contributed by atoms with Crippen molar-refractivity contribution >= 4 is 52.6 Å². The highest BCUT2D eigenvalue weighted by molar-refractivity contribution is 6.36. The van der Waals surface area contributed by atoms with E-state index in [4.69, 9.17) is 37.4 Å². The molecule has 0 unspecified atom stereocenters. The summed E-state index contributed by atoms with van der Waals surface area (Å²) in [5, 5.41) is 4.06. The molecule has 1 heterocycles. The number of halogens is 2. The van der Waals surface area contributed by atoms with E-state index in [1.807, 2.05) is 0 Å². The van der Waals surface area contributed by atoms with E-state index in [9.17, 15) is 19.2 Å². The molecule has 10 nitrogen and oxygen atoms in total. The molecule has 3 amide bonds. The summed E-state index contributed by atoms with van der Waals surface area (Å²) in [6.07, 6.45) is -0.182. The molecule has 2 aromatic rings. The summed E-state index contributed by atoms with van der Waals surface area (Å²) in [5.74, 6) is -2.42. The van der Waals surface area contributed by atoms with Crippen LogP contribution in [0.2, 0.25) is 10.0 Å². The van der Waals surface area contributed by atoms with Crippen LogP contribution in [-0.2, 0) is 19.1 Å². The molecule has 1 atom stereocenters. The number of carbonyl (C=O) groups excluding carboxylic acids is 4. The second-order valence-corrected chi connectivity index (χ2v) is 8.04. The van der Waals surface area contributed by atoms with Crippen molar-refractivity contribution in [2.45, 2.75) is 6.42 Å². The number of rotatable bonds is 8. The molecular formula is C22H21Cl2N3O7. The van der Waals surface area contributed by atoms with Gasteiger partial charge in [0.25, 0.3) is 11.8 Å². The Labute approximate surface area is 205 Å². The largest absolute Gasteiger partial charge is 0.497 e. The van der Waals surface area contributed by atoms with Gasteiger partial charge in [0.2, 0.25) is 5.91 Å². The smallest absolute Gasteiger partial charge is 0.311 e. The van der Waals surface area contributed by atoms with Gasteiger partial charge in [-0.3, -0.25) is 29.6 Å². The minimum Gasteiger partial charge on any atom is -0.497 e. The highest BCUT2D eigenvalue weighted by Gasteiger charge is 2.37. The van der Waals surface area contributed by atoms with Crippen molar-refractivity contribution in [2.75, 3.05) is 32.7 Å². The van der Waals surface area contributed by atoms with E-state index < -0.39 is 36.2 Å². The van der Waals surface area contributed by atoms with Gasteiger partial charge in [-0.2, -0.15) is 0 Å². The lowest BCUT2D eigenvalue weighted by Crippen LogP contribution is -2.43. The SMILES string of the molecule is COc1ccc(OC)c(NC(=O)COC(=O)[C@@H]2CC(=O)N(NC(=O)c3ccc(Cl)cc3Cl)C2)c1. The summed E-state index contributed by atoms with van der Waals surface area (Å²) in [6, 6.07) is 9.14. The third-order valence-electron chi connectivity index (χ3n) is 4.90. The fraction of sp³-hybridized carbons (Fsp3) is 0.273. The molecule has 0 aromatic heterocycles. The lowest BCUT2D eigenvalue weighted by molar-refractivity contribution is -0.151. The first-order chi connectivity index (χ1) is 16.2. The van der Waals surface area contributed by atoms with E-state index in [0.29, 0.717) is 22.2 Å². The van der Waals surface area contributed by atoms with Crippen LogP contribution in [0.25, 0.3) is 0 Å². The summed E-state index contributed by atoms with van der Waals surface area (Å²) in [7, 11) is 2.92. The first-order valence-electron chi connectivity index (χ1n) is 9.96. The van der Waals surface area contributed by atoms with Gasteiger partial charge in [0.1, 0.15) is 11.5 Å². The Morgan fingerprint density at radius 1 is 1.09 bits per heavy atom. The van der Waals surface area contributed by atoms with Crippen LogP contribution >= 0.6 is 23.2 Å². The number of benzene rings is 2. The summed E-state index contributed by atoms with van der Waals surface area (Å²) in [4.78, 5) is 49.3. The van der Waals surface area contributed by atoms with E-state index in [1.165, 1.54) is 32.4 Å². The minimum absolute atomic E-state index is 0.111. The molecule has 34 heavy (non-hydrogen) atoms. The van der Waals surface area contributed by atoms with E-state index in [1.54, 1.807) is 18.2 Å². The van der Waals surface area contributed by atoms with Crippen molar-refractivity contribution in [1.82, 2.24) is 10.4 Å². The van der Waals surface area contributed by atoms with Crippen molar-refractivity contribution in [3.8, 4) is 11.5 Å². The van der Waals surface area contributed by atoms with Crippen molar-refractivity contribution in [3.63, 3.8) is 0 Å². The van der Waals surface area contributed by atoms with Gasteiger partial charge in [-0.25, -0.2) is 0 Å². The fourth-order valence-corrected chi connectivity index (χ4v) is 3.68. The number of hydrogen-bond acceptors (Lipinski definition) is 7. The number of nitrogens with one attached hydrogen (secondary N) is 2. The zero-order valence-corrected chi connectivity index (χ0v) is 19.7. The predicted octanol–water partition coefficient (Wildman–Crippen LogP) is 2.69. The lowest BCUT2D eigenvalue weighted by atomic mass is 10.1. The lowest BCUT2D eigenvalue weighted by Gasteiger charge is -2.18. The van der Waals surface area contributed by atoms with Gasteiger partial charge in [-0.1, -0.05) is 23.2 Å². The number of carbonyl (C=O) groups is 4. The first kappa shape index (κ1) is 25.1. The molecule has 1 fully saturated rings. The average molecular weight is 510 g/mol. The predicted molar refractivity (Wildman–Crippen MR) is 123 cm³/mol. The van der Waals surface area contributed by atoms with Crippen LogP contribution in [0.3, 0.4) is 0 Å². The molecule has 0 spiro atoms. The molecule has 0 saturated carbocycles. The third kappa shape index (κ3) is 6.09. The zero-order valence-electron chi connectivity index (χ0n) is 18.2. The Hall–Kier alpha value is -3.50. The molecule has 2 aromatic carbocycles. The maximum atomic E-state index is 12.4. The highest BCUT2D eigenvalue weighted by Crippen LogP contribution is 2.29. The Balaban J connectivity index is 1.52. The van der Waals surface area contributed by atoms with Gasteiger partial charge >= 0.3 is 5.97 Å². The number of hydrazine groups is 1. The standard InChI is InChI=1S/C22H21Cl2N3O7/c1-32-14-4-6-18(33-2)17(9-14)25-19(28)11-34-22(31)12-7-20(29)27(10-12)26-21(30)15-5-3-13(23)8-16(15)24/h3-6,8-9,12H,7,10-11H2,1-2H3,(H,25,28)(H,26,30)/t12-/m1/s1. The van der Waals surface area contributed by atoms with Gasteiger partial charge in [-0.05, 0) is 30.3 Å². The Morgan fingerprint density at radius 2 is 1.85 bits per heavy atom. The van der Waals surface area contributed by atoms with Gasteiger partial charge in [0, 0.05) is 17.5 Å². The number of amides is 3. The molecule has 2 N–H and O–H groups in total. The van der Waals surface area contributed by atoms with Crippen molar-refractivity contribution in [1.29, 1.82) is 0 Å². The monoisotopic (exact) mass is 509 g/mol. The van der Waals surface area contributed by atoms with Crippen LogP contribution in [0.1, 0.15) is 16.8 Å². The molecule has 180 valence electrons. The maximum absolute atomic E-state index is 12.4. The van der Waals surface area contributed by atoms with E-state index in [2.05, 4.69) is 10.7 Å². The van der Waals surface area contributed by atoms with Crippen LogP contribution in [0, 0.1) is 5.92 Å². The van der Waals surface area contributed by atoms with Gasteiger partial charge in [0.05, 0.1) is 43.0 Å². The quantitative estimate of drug-likeness (QED) is 0.524. The fourth-order valence-electron chi connectivity index (χ4n) is 3.18. The summed E-state index contributed by atoms with van der Waals surface area (Å²) < 4.78 is 15.4. The minimum atomic E-state index is -0.854. The van der Waals surface area contributed by atoms with Crippen LogP contribution in [-0.4, -0.2) is 56.1 Å². The average Bonchev–Trinajstić information content (AvgIpc) is 3.17. The Bertz CT molecular complexity index is 1130. The summed E-state index contributed by atoms with van der Waals surface area (Å²) >= 11 is 11.8. The first-order valence-corrected chi connectivity index (χ1v) is 10.7. The molecule has 3 rings (SSSR count). The molecule has 0 bridgehead atoms. The number of hydrogen-bond donors (Lipinski definition) is 2. The van der Waals surface area contributed by atoms with Crippen molar-refractivity contribution in [3.05, 3.63) is 52.0 Å². The molecule has 1 saturated heterocycles. The molecule has 12 heteroatoms. The maximum Gasteiger partial charge on any atom is 0.311 e. The molecular weight excluding hydrogens is 489 g/mol. The number of ether oxygens (including phenoxy) is 3. The van der Waals surface area contributed by atoms with E-state index in [-0.39, 0.29) is 23.6 Å². The topological polar surface area (TPSA) is 123 Å². The Morgan fingerprint density at radius 3 is 2.53 bits per heavy atom. The highest BCUT2D eigenvalue weighted by atomic mass is 35.5. The summed E-state index contributed by atoms with van der Waals surface area (Å²) in [5.41, 5.74) is 2.88. The van der Waals surface area contributed by atoms with Crippen molar-refractivity contribution in [2.24, 2.45) is 5.92 Å². The second-order valence-electron chi connectivity index (χ2n) is 7.19. The van der Waals surface area contributed by atoms with E-state index in [0.717, 1.165) is 5.01 Å². The van der Waals surface area contributed by atoms with Crippen LogP contribution in [0.4, 0.5) is 5.69 Å². The molecule has 1 aliphatic heterocycles. The van der Waals surface area contributed by atoms with Crippen molar-refractivity contribution < 1.29 is 33.4 Å². The Kier molecular flexibility index (Phi) is 8.19. The molecule has 0 radical (unpaired) electrons. The van der Waals surface area contributed by atoms with E-state index >= 15 is 0 Å². The molecule has 0 aliphatic carbocycles. The van der Waals surface area contributed by atoms with Crippen LogP contribution < -0.4 is 20.2 Å². The van der Waals surface area contributed by atoms with Gasteiger partial charge in [0.15, 0.2) is 6.61 Å². The van der Waals surface area contributed by atoms with Gasteiger partial charge < -0.3 is 19.5 Å².